The molecule has 4 nitrogen and oxygen atoms in total. The average Bonchev–Trinajstić information content (AvgIpc) is 3.00. The Morgan fingerprint density at radius 1 is 1.23 bits per heavy atom. The maximum absolute atomic E-state index is 12.1. The maximum atomic E-state index is 12.1. The lowest BCUT2D eigenvalue weighted by Crippen LogP contribution is -2.34. The van der Waals surface area contributed by atoms with Gasteiger partial charge in [-0.3, -0.25) is 9.78 Å². The van der Waals surface area contributed by atoms with Gasteiger partial charge in [-0.25, -0.2) is 0 Å². The zero-order valence-electron chi connectivity index (χ0n) is 12.4. The summed E-state index contributed by atoms with van der Waals surface area (Å²) in [6.45, 7) is 0.475. The molecule has 0 spiro atoms. The van der Waals surface area contributed by atoms with E-state index in [1.54, 1.807) is 6.20 Å². The van der Waals surface area contributed by atoms with E-state index in [2.05, 4.69) is 10.3 Å². The van der Waals surface area contributed by atoms with Gasteiger partial charge in [-0.2, -0.15) is 0 Å². The Kier molecular flexibility index (Phi) is 4.49. The molecule has 1 amide bonds. The predicted molar refractivity (Wildman–Crippen MR) is 84.9 cm³/mol. The van der Waals surface area contributed by atoms with E-state index in [9.17, 15) is 9.90 Å². The van der Waals surface area contributed by atoms with Crippen LogP contribution in [0, 0.1) is 5.92 Å². The molecule has 1 aromatic heterocycles. The molecule has 2 N–H and O–H groups in total. The van der Waals surface area contributed by atoms with Gasteiger partial charge in [0.1, 0.15) is 0 Å². The number of rotatable bonds is 4. The first kappa shape index (κ1) is 14.7. The summed E-state index contributed by atoms with van der Waals surface area (Å²) in [6.07, 6.45) is 3.72. The van der Waals surface area contributed by atoms with E-state index in [0.717, 1.165) is 36.1 Å². The normalized spacial score (nSPS) is 20.8. The van der Waals surface area contributed by atoms with Gasteiger partial charge < -0.3 is 10.4 Å². The lowest BCUT2D eigenvalue weighted by molar-refractivity contribution is -0.127. The first-order chi connectivity index (χ1) is 10.7. The van der Waals surface area contributed by atoms with Crippen LogP contribution >= 0.6 is 0 Å². The highest BCUT2D eigenvalue weighted by Gasteiger charge is 2.31. The van der Waals surface area contributed by atoms with E-state index >= 15 is 0 Å². The molecule has 0 bridgehead atoms. The highest BCUT2D eigenvalue weighted by molar-refractivity contribution is 5.79. The molecule has 1 aliphatic carbocycles. The Morgan fingerprint density at radius 2 is 2.14 bits per heavy atom. The predicted octanol–water partition coefficient (Wildman–Crippen LogP) is 2.53. The van der Waals surface area contributed by atoms with Crippen molar-refractivity contribution in [2.24, 2.45) is 5.92 Å². The summed E-state index contributed by atoms with van der Waals surface area (Å²) in [5.74, 6) is -0.299. The smallest absolute Gasteiger partial charge is 0.225 e. The van der Waals surface area contributed by atoms with Crippen molar-refractivity contribution in [1.29, 1.82) is 0 Å². The molecular formula is C18H20N2O2. The molecule has 1 fully saturated rings. The Labute approximate surface area is 130 Å². The Balaban J connectivity index is 1.65. The lowest BCUT2D eigenvalue weighted by Gasteiger charge is -2.14. The van der Waals surface area contributed by atoms with E-state index in [4.69, 9.17) is 0 Å². The van der Waals surface area contributed by atoms with Gasteiger partial charge in [0, 0.05) is 18.3 Å². The quantitative estimate of drug-likeness (QED) is 0.911. The minimum absolute atomic E-state index is 0.0479. The van der Waals surface area contributed by atoms with Crippen molar-refractivity contribution < 1.29 is 9.90 Å². The molecule has 0 radical (unpaired) electrons. The number of aliphatic hydroxyl groups excluding tert-OH is 1. The molecular weight excluding hydrogens is 276 g/mol. The number of benzene rings is 1. The Bertz CT molecular complexity index is 643. The summed E-state index contributed by atoms with van der Waals surface area (Å²) in [6, 6.07) is 13.8. The van der Waals surface area contributed by atoms with E-state index in [1.807, 2.05) is 42.5 Å². The van der Waals surface area contributed by atoms with Crippen molar-refractivity contribution in [2.75, 3.05) is 0 Å². The van der Waals surface area contributed by atoms with Crippen LogP contribution in [-0.2, 0) is 11.3 Å². The molecule has 1 saturated carbocycles. The van der Waals surface area contributed by atoms with E-state index in [1.165, 1.54) is 0 Å². The number of nitrogens with one attached hydrogen (secondary N) is 1. The highest BCUT2D eigenvalue weighted by Crippen LogP contribution is 2.25. The minimum Gasteiger partial charge on any atom is -0.392 e. The maximum Gasteiger partial charge on any atom is 0.225 e. The largest absolute Gasteiger partial charge is 0.392 e. The summed E-state index contributed by atoms with van der Waals surface area (Å²) >= 11 is 0. The molecule has 114 valence electrons. The van der Waals surface area contributed by atoms with Crippen LogP contribution in [0.2, 0.25) is 0 Å². The van der Waals surface area contributed by atoms with E-state index < -0.39 is 6.10 Å². The number of hydrogen-bond acceptors (Lipinski definition) is 3. The zero-order valence-corrected chi connectivity index (χ0v) is 12.4. The van der Waals surface area contributed by atoms with Gasteiger partial charge in [0.15, 0.2) is 0 Å². The Morgan fingerprint density at radius 3 is 2.86 bits per heavy atom. The van der Waals surface area contributed by atoms with Crippen LogP contribution in [0.25, 0.3) is 11.3 Å². The van der Waals surface area contributed by atoms with Gasteiger partial charge >= 0.3 is 0 Å². The first-order valence-corrected chi connectivity index (χ1v) is 7.70. The molecule has 4 heteroatoms. The van der Waals surface area contributed by atoms with Crippen LogP contribution in [0.3, 0.4) is 0 Å². The fraction of sp³-hybridized carbons (Fsp3) is 0.333. The number of pyridine rings is 1. The fourth-order valence-electron chi connectivity index (χ4n) is 2.94. The van der Waals surface area contributed by atoms with Crippen molar-refractivity contribution in [2.45, 2.75) is 31.9 Å². The van der Waals surface area contributed by atoms with Crippen molar-refractivity contribution in [1.82, 2.24) is 10.3 Å². The topological polar surface area (TPSA) is 62.2 Å². The molecule has 2 aromatic rings. The molecule has 0 saturated heterocycles. The minimum atomic E-state index is -0.486. The van der Waals surface area contributed by atoms with Gasteiger partial charge in [0.25, 0.3) is 0 Å². The lowest BCUT2D eigenvalue weighted by atomic mass is 10.0. The van der Waals surface area contributed by atoms with Gasteiger partial charge in [-0.1, -0.05) is 24.3 Å². The molecule has 2 unspecified atom stereocenters. The van der Waals surface area contributed by atoms with Gasteiger partial charge in [-0.05, 0) is 43.0 Å². The number of carbonyl (C=O) groups excluding carboxylic acids is 1. The number of aromatic nitrogens is 1. The third-order valence-electron chi connectivity index (χ3n) is 4.17. The van der Waals surface area contributed by atoms with Crippen LogP contribution in [0.1, 0.15) is 24.8 Å². The first-order valence-electron chi connectivity index (χ1n) is 7.70. The molecule has 2 atom stereocenters. The van der Waals surface area contributed by atoms with Crippen LogP contribution in [-0.4, -0.2) is 22.1 Å². The molecule has 22 heavy (non-hydrogen) atoms. The van der Waals surface area contributed by atoms with Crippen molar-refractivity contribution in [3.05, 3.63) is 54.2 Å². The standard InChI is InChI=1S/C18H20N2O2/c21-17-9-4-7-15(17)18(22)20-12-13-5-3-6-14(11-13)16-8-1-2-10-19-16/h1-3,5-6,8,10-11,15,17,21H,4,7,9,12H2,(H,20,22). The Hall–Kier alpha value is -2.20. The van der Waals surface area contributed by atoms with Gasteiger partial charge in [0.05, 0.1) is 17.7 Å². The van der Waals surface area contributed by atoms with Crippen molar-refractivity contribution in [3.63, 3.8) is 0 Å². The van der Waals surface area contributed by atoms with Gasteiger partial charge in [-0.15, -0.1) is 0 Å². The molecule has 1 aromatic carbocycles. The molecule has 1 aliphatic rings. The van der Waals surface area contributed by atoms with Crippen LogP contribution < -0.4 is 5.32 Å². The highest BCUT2D eigenvalue weighted by atomic mass is 16.3. The van der Waals surface area contributed by atoms with E-state index in [-0.39, 0.29) is 11.8 Å². The summed E-state index contributed by atoms with van der Waals surface area (Å²) in [4.78, 5) is 16.4. The van der Waals surface area contributed by atoms with Crippen molar-refractivity contribution in [3.8, 4) is 11.3 Å². The second-order valence-electron chi connectivity index (χ2n) is 5.74. The van der Waals surface area contributed by atoms with Crippen LogP contribution in [0.5, 0.6) is 0 Å². The summed E-state index contributed by atoms with van der Waals surface area (Å²) in [5, 5.41) is 12.7. The van der Waals surface area contributed by atoms with Gasteiger partial charge in [0.2, 0.25) is 5.91 Å². The third kappa shape index (κ3) is 3.34. The van der Waals surface area contributed by atoms with Crippen molar-refractivity contribution >= 4 is 5.91 Å². The summed E-state index contributed by atoms with van der Waals surface area (Å²) in [5.41, 5.74) is 2.99. The van der Waals surface area contributed by atoms with Crippen LogP contribution in [0.4, 0.5) is 0 Å². The number of nitrogens with zero attached hydrogens (tertiary/aromatic N) is 1. The summed E-state index contributed by atoms with van der Waals surface area (Å²) in [7, 11) is 0. The molecule has 1 heterocycles. The average molecular weight is 296 g/mol. The van der Waals surface area contributed by atoms with Crippen LogP contribution in [0.15, 0.2) is 48.7 Å². The number of carbonyl (C=O) groups is 1. The molecule has 0 aliphatic heterocycles. The zero-order chi connectivity index (χ0) is 15.4. The SMILES string of the molecule is O=C(NCc1cccc(-c2ccccn2)c1)C1CCCC1O. The molecule has 3 rings (SSSR count). The number of hydrogen-bond donors (Lipinski definition) is 2. The second-order valence-corrected chi connectivity index (χ2v) is 5.74. The second kappa shape index (κ2) is 6.71. The number of aliphatic hydroxyl groups is 1. The fourth-order valence-corrected chi connectivity index (χ4v) is 2.94. The summed E-state index contributed by atoms with van der Waals surface area (Å²) < 4.78 is 0. The van der Waals surface area contributed by atoms with E-state index in [0.29, 0.717) is 6.54 Å². The monoisotopic (exact) mass is 296 g/mol. The number of amides is 1. The third-order valence-corrected chi connectivity index (χ3v) is 4.17.